The molecule has 1 aliphatic carbocycles. The molecule has 0 aromatic rings. The Balaban J connectivity index is 3.38. The van der Waals surface area contributed by atoms with Crippen LogP contribution in [0.4, 0.5) is 0 Å². The van der Waals surface area contributed by atoms with Crippen molar-refractivity contribution < 1.29 is 24.5 Å². The maximum atomic E-state index is 12.2. The third-order valence-corrected chi connectivity index (χ3v) is 5.06. The largest absolute Gasteiger partial charge is 0.452 e. The van der Waals surface area contributed by atoms with E-state index in [0.717, 1.165) is 18.4 Å². The van der Waals surface area contributed by atoms with E-state index in [0.29, 0.717) is 12.7 Å². The summed E-state index contributed by atoms with van der Waals surface area (Å²) in [5.41, 5.74) is 0.324. The fourth-order valence-electron chi connectivity index (χ4n) is 3.09. The summed E-state index contributed by atoms with van der Waals surface area (Å²) in [5, 5.41) is 21.3. The second-order valence-corrected chi connectivity index (χ2v) is 8.97. The Morgan fingerprint density at radius 2 is 1.83 bits per heavy atom. The fourth-order valence-corrected chi connectivity index (χ4v) is 3.09. The Kier molecular flexibility index (Phi) is 9.66. The zero-order valence-electron chi connectivity index (χ0n) is 19.0. The zero-order valence-corrected chi connectivity index (χ0v) is 19.0. The molecule has 0 spiro atoms. The molecule has 0 aliphatic heterocycles. The molecule has 0 bridgehead atoms. The minimum absolute atomic E-state index is 0.240. The molecular weight excluding hydrogens is 380 g/mol. The first kappa shape index (κ1) is 25.8. The third kappa shape index (κ3) is 8.64. The first-order chi connectivity index (χ1) is 13.9. The highest BCUT2D eigenvalue weighted by Crippen LogP contribution is 2.33. The summed E-state index contributed by atoms with van der Waals surface area (Å²) in [5.74, 6) is -0.549. The molecule has 0 saturated heterocycles. The van der Waals surface area contributed by atoms with Crippen molar-refractivity contribution in [1.29, 1.82) is 0 Å². The lowest BCUT2D eigenvalue weighted by Gasteiger charge is -2.29. The molecule has 1 rings (SSSR count). The number of aliphatic hydroxyl groups excluding tert-OH is 1. The van der Waals surface area contributed by atoms with Crippen LogP contribution in [-0.4, -0.2) is 40.3 Å². The maximum absolute atomic E-state index is 12.2. The highest BCUT2D eigenvalue weighted by molar-refractivity contribution is 5.83. The van der Waals surface area contributed by atoms with E-state index in [4.69, 9.17) is 4.74 Å². The Hall–Kier alpha value is -2.24. The van der Waals surface area contributed by atoms with E-state index in [1.54, 1.807) is 26.0 Å². The van der Waals surface area contributed by atoms with Crippen LogP contribution in [0.2, 0.25) is 0 Å². The van der Waals surface area contributed by atoms with Gasteiger partial charge in [-0.15, -0.1) is 0 Å². The topological polar surface area (TPSA) is 83.8 Å². The van der Waals surface area contributed by atoms with Crippen LogP contribution in [0.1, 0.15) is 60.8 Å². The van der Waals surface area contributed by atoms with E-state index in [1.807, 2.05) is 26.8 Å². The van der Waals surface area contributed by atoms with Gasteiger partial charge in [-0.3, -0.25) is 4.79 Å². The normalized spacial score (nSPS) is 33.1. The van der Waals surface area contributed by atoms with Crippen molar-refractivity contribution in [3.05, 3.63) is 59.3 Å². The predicted molar refractivity (Wildman–Crippen MR) is 120 cm³/mol. The van der Waals surface area contributed by atoms with Crippen LogP contribution in [0.25, 0.3) is 0 Å². The van der Waals surface area contributed by atoms with Gasteiger partial charge in [0.15, 0.2) is 6.10 Å². The molecule has 1 aliphatic rings. The van der Waals surface area contributed by atoms with Crippen LogP contribution in [0, 0.1) is 5.41 Å². The number of aliphatic hydroxyl groups is 2. The van der Waals surface area contributed by atoms with Gasteiger partial charge in [-0.25, -0.2) is 4.79 Å². The van der Waals surface area contributed by atoms with Gasteiger partial charge >= 0.3 is 5.97 Å². The molecule has 1 unspecified atom stereocenters. The van der Waals surface area contributed by atoms with E-state index in [-0.39, 0.29) is 11.0 Å². The molecule has 5 nitrogen and oxygen atoms in total. The molecule has 0 radical (unpaired) electrons. The summed E-state index contributed by atoms with van der Waals surface area (Å²) in [6.07, 6.45) is 12.3. The van der Waals surface area contributed by atoms with Crippen molar-refractivity contribution >= 4 is 12.3 Å². The van der Waals surface area contributed by atoms with Gasteiger partial charge in [-0.1, -0.05) is 48.5 Å². The molecule has 30 heavy (non-hydrogen) atoms. The van der Waals surface area contributed by atoms with Crippen LogP contribution in [0.15, 0.2) is 59.3 Å². The summed E-state index contributed by atoms with van der Waals surface area (Å²) in [4.78, 5) is 23.7. The standard InChI is InChI=1S/C25H36O5/c1-18(2)8-7-12-24(5)13-9-20(17-26)21(27)10-15-25(6,29)22(11-14-24)30-23(28)16-19(3)4/h8-11,14-17,21-22,27,29H,7,12-13H2,1-6H3/b14-11+,15-10+,20-9-/t21?,22-,24+,25-/m1/s1. The predicted octanol–water partition coefficient (Wildman–Crippen LogP) is 4.37. The molecule has 0 aromatic heterocycles. The van der Waals surface area contributed by atoms with Gasteiger partial charge in [0, 0.05) is 11.6 Å². The first-order valence-corrected chi connectivity index (χ1v) is 10.3. The number of allylic oxidation sites excluding steroid dienone is 5. The van der Waals surface area contributed by atoms with Gasteiger partial charge in [0.25, 0.3) is 0 Å². The quantitative estimate of drug-likeness (QED) is 0.291. The highest BCUT2D eigenvalue weighted by atomic mass is 16.6. The van der Waals surface area contributed by atoms with Crippen molar-refractivity contribution in [1.82, 2.24) is 0 Å². The van der Waals surface area contributed by atoms with Gasteiger partial charge in [-0.05, 0) is 65.4 Å². The smallest absolute Gasteiger partial charge is 0.331 e. The number of hydrogen-bond donors (Lipinski definition) is 2. The Morgan fingerprint density at radius 1 is 1.17 bits per heavy atom. The Bertz CT molecular complexity index is 758. The van der Waals surface area contributed by atoms with Gasteiger partial charge in [0.1, 0.15) is 18.0 Å². The average Bonchev–Trinajstić information content (AvgIpc) is 2.63. The monoisotopic (exact) mass is 416 g/mol. The van der Waals surface area contributed by atoms with E-state index < -0.39 is 23.8 Å². The molecule has 5 heteroatoms. The molecule has 0 heterocycles. The van der Waals surface area contributed by atoms with Crippen molar-refractivity contribution in [2.75, 3.05) is 0 Å². The van der Waals surface area contributed by atoms with E-state index in [1.165, 1.54) is 30.7 Å². The number of rotatable bonds is 6. The Morgan fingerprint density at radius 3 is 2.40 bits per heavy atom. The fraction of sp³-hybridized carbons (Fsp3) is 0.520. The second kappa shape index (κ2) is 11.2. The van der Waals surface area contributed by atoms with Crippen molar-refractivity contribution in [2.24, 2.45) is 5.41 Å². The molecular formula is C25H36O5. The minimum Gasteiger partial charge on any atom is -0.452 e. The first-order valence-electron chi connectivity index (χ1n) is 10.3. The summed E-state index contributed by atoms with van der Waals surface area (Å²) >= 11 is 0. The van der Waals surface area contributed by atoms with Crippen molar-refractivity contribution in [2.45, 2.75) is 78.6 Å². The summed E-state index contributed by atoms with van der Waals surface area (Å²) in [6.45, 7) is 11.2. The molecule has 0 fully saturated rings. The van der Waals surface area contributed by atoms with Crippen LogP contribution < -0.4 is 0 Å². The van der Waals surface area contributed by atoms with Gasteiger partial charge in [0.2, 0.25) is 0 Å². The van der Waals surface area contributed by atoms with Crippen LogP contribution >= 0.6 is 0 Å². The lowest BCUT2D eigenvalue weighted by Crippen LogP contribution is -2.39. The van der Waals surface area contributed by atoms with E-state index >= 15 is 0 Å². The molecule has 0 saturated carbocycles. The van der Waals surface area contributed by atoms with Gasteiger partial charge in [-0.2, -0.15) is 0 Å². The third-order valence-electron chi connectivity index (χ3n) is 5.06. The summed E-state index contributed by atoms with van der Waals surface area (Å²) in [6, 6.07) is 0. The van der Waals surface area contributed by atoms with Crippen molar-refractivity contribution in [3.63, 3.8) is 0 Å². The number of aldehydes is 1. The number of hydrogen-bond acceptors (Lipinski definition) is 5. The van der Waals surface area contributed by atoms with Crippen LogP contribution in [0.5, 0.6) is 0 Å². The van der Waals surface area contributed by atoms with E-state index in [9.17, 15) is 19.8 Å². The Labute approximate surface area is 180 Å². The lowest BCUT2D eigenvalue weighted by molar-refractivity contribution is -0.148. The zero-order chi connectivity index (χ0) is 22.9. The van der Waals surface area contributed by atoms with Crippen LogP contribution in [-0.2, 0) is 14.3 Å². The summed E-state index contributed by atoms with van der Waals surface area (Å²) < 4.78 is 5.53. The average molecular weight is 417 g/mol. The molecule has 4 atom stereocenters. The summed E-state index contributed by atoms with van der Waals surface area (Å²) in [7, 11) is 0. The number of carbonyl (C=O) groups is 2. The number of ether oxygens (including phenoxy) is 1. The van der Waals surface area contributed by atoms with Gasteiger partial charge < -0.3 is 14.9 Å². The van der Waals surface area contributed by atoms with Crippen molar-refractivity contribution in [3.8, 4) is 0 Å². The minimum atomic E-state index is -1.57. The SMILES string of the molecule is CC(C)=CCC[C@]1(C)/C=C/[C@@H](OC(=O)C=C(C)C)[C@](C)(O)/C=C/C(O)/C(C=O)=C\C1. The molecule has 166 valence electrons. The molecule has 0 aromatic carbocycles. The van der Waals surface area contributed by atoms with Crippen LogP contribution in [0.3, 0.4) is 0 Å². The molecule has 0 amide bonds. The lowest BCUT2D eigenvalue weighted by atomic mass is 9.80. The maximum Gasteiger partial charge on any atom is 0.331 e. The second-order valence-electron chi connectivity index (χ2n) is 8.97. The number of esters is 1. The van der Waals surface area contributed by atoms with Gasteiger partial charge in [0.05, 0.1) is 0 Å². The number of carbonyl (C=O) groups excluding carboxylic acids is 2. The molecule has 2 N–H and O–H groups in total. The highest BCUT2D eigenvalue weighted by Gasteiger charge is 2.32. The van der Waals surface area contributed by atoms with E-state index in [2.05, 4.69) is 6.08 Å².